The lowest BCUT2D eigenvalue weighted by atomic mass is 9.82. The largest absolute Gasteiger partial charge is 0.462 e. The molecule has 0 aromatic heterocycles. The Morgan fingerprint density at radius 3 is 2.31 bits per heavy atom. The summed E-state index contributed by atoms with van der Waals surface area (Å²) in [6.45, 7) is 12.2. The second-order valence-electron chi connectivity index (χ2n) is 16.3. The highest BCUT2D eigenvalue weighted by Gasteiger charge is 2.54. The van der Waals surface area contributed by atoms with Crippen LogP contribution in [0.2, 0.25) is 0 Å². The Morgan fingerprint density at radius 2 is 1.69 bits per heavy atom. The maximum atomic E-state index is 12.9. The predicted molar refractivity (Wildman–Crippen MR) is 210 cm³/mol. The fraction of sp³-hybridized carbons (Fsp3) is 0.810. The SMILES string of the molecule is CCCC(=O)OC1C(C)OC(OC2C(C)OC(OC3C(CC=O)CC(C)C(O)/C=C\C=C\CC(C)OC(=O)CC(O)C3OC)C(O)C2N(C)C)CC1(C)OC(=O)CC. The third kappa shape index (κ3) is 13.6. The van der Waals surface area contributed by atoms with Crippen LogP contribution in [0.1, 0.15) is 99.8 Å². The van der Waals surface area contributed by atoms with Crippen LogP contribution in [0.15, 0.2) is 24.3 Å². The van der Waals surface area contributed by atoms with Crippen molar-refractivity contribution in [3.05, 3.63) is 24.3 Å². The fourth-order valence-electron chi connectivity index (χ4n) is 8.07. The van der Waals surface area contributed by atoms with E-state index in [1.807, 2.05) is 19.9 Å². The molecule has 58 heavy (non-hydrogen) atoms. The lowest BCUT2D eigenvalue weighted by Gasteiger charge is -2.50. The molecule has 0 amide bonds. The van der Waals surface area contributed by atoms with Gasteiger partial charge in [0.2, 0.25) is 0 Å². The topological polar surface area (TPSA) is 206 Å². The average Bonchev–Trinajstić information content (AvgIpc) is 3.13. The molecule has 3 rings (SSSR count). The number of aliphatic hydroxyl groups excluding tert-OH is 3. The molecule has 332 valence electrons. The number of hydrogen-bond acceptors (Lipinski definition) is 16. The third-order valence-electron chi connectivity index (χ3n) is 11.1. The number of likely N-dealkylation sites (N-methyl/N-ethyl adjacent to an activating group) is 1. The molecule has 3 heterocycles. The number of rotatable bonds is 13. The number of aldehydes is 1. The first kappa shape index (κ1) is 49.6. The predicted octanol–water partition coefficient (Wildman–Crippen LogP) is 3.16. The average molecular weight is 828 g/mol. The van der Waals surface area contributed by atoms with Crippen LogP contribution in [-0.2, 0) is 57.1 Å². The molecule has 16 heteroatoms. The zero-order chi connectivity index (χ0) is 43.3. The van der Waals surface area contributed by atoms with E-state index in [9.17, 15) is 34.5 Å². The quantitative estimate of drug-likeness (QED) is 0.139. The van der Waals surface area contributed by atoms with Crippen LogP contribution in [0, 0.1) is 11.8 Å². The number of hydrogen-bond donors (Lipinski definition) is 3. The van der Waals surface area contributed by atoms with E-state index in [1.54, 1.807) is 71.8 Å². The molecule has 0 radical (unpaired) electrons. The highest BCUT2D eigenvalue weighted by atomic mass is 16.7. The van der Waals surface area contributed by atoms with E-state index >= 15 is 0 Å². The maximum absolute atomic E-state index is 12.9. The van der Waals surface area contributed by atoms with Crippen molar-refractivity contribution in [2.75, 3.05) is 21.2 Å². The Hall–Kier alpha value is -2.80. The summed E-state index contributed by atoms with van der Waals surface area (Å²) in [6.07, 6.45) is -3.49. The summed E-state index contributed by atoms with van der Waals surface area (Å²) < 4.78 is 48.8. The van der Waals surface area contributed by atoms with Gasteiger partial charge in [-0.25, -0.2) is 0 Å². The van der Waals surface area contributed by atoms with Gasteiger partial charge in [0.1, 0.15) is 30.7 Å². The third-order valence-corrected chi connectivity index (χ3v) is 11.1. The Kier molecular flexibility index (Phi) is 19.9. The fourth-order valence-corrected chi connectivity index (χ4v) is 8.07. The first-order valence-electron chi connectivity index (χ1n) is 20.6. The number of ether oxygens (including phenoxy) is 8. The van der Waals surface area contributed by atoms with Crippen molar-refractivity contribution >= 4 is 24.2 Å². The van der Waals surface area contributed by atoms with Gasteiger partial charge in [0.15, 0.2) is 24.3 Å². The summed E-state index contributed by atoms with van der Waals surface area (Å²) in [6, 6.07) is -0.783. The maximum Gasteiger partial charge on any atom is 0.308 e. The molecule has 0 aromatic rings. The van der Waals surface area contributed by atoms with Gasteiger partial charge in [-0.15, -0.1) is 0 Å². The van der Waals surface area contributed by atoms with Crippen LogP contribution in [0.5, 0.6) is 0 Å². The number of methoxy groups -OCH3 is 1. The summed E-state index contributed by atoms with van der Waals surface area (Å²) in [5.41, 5.74) is -1.30. The van der Waals surface area contributed by atoms with E-state index in [4.69, 9.17) is 37.9 Å². The molecular weight excluding hydrogens is 758 g/mol. The summed E-state index contributed by atoms with van der Waals surface area (Å²) in [4.78, 5) is 52.1. The highest BCUT2D eigenvalue weighted by Crippen LogP contribution is 2.39. The van der Waals surface area contributed by atoms with Gasteiger partial charge in [0, 0.05) is 39.2 Å². The lowest BCUT2D eigenvalue weighted by molar-refractivity contribution is -0.344. The number of esters is 3. The van der Waals surface area contributed by atoms with E-state index in [1.165, 1.54) is 7.11 Å². The molecule has 2 fully saturated rings. The molecule has 0 aliphatic carbocycles. The van der Waals surface area contributed by atoms with E-state index in [-0.39, 0.29) is 38.0 Å². The second kappa shape index (κ2) is 23.3. The number of cyclic esters (lactones) is 1. The molecule has 3 N–H and O–H groups in total. The Balaban J connectivity index is 1.95. The molecule has 0 saturated carbocycles. The summed E-state index contributed by atoms with van der Waals surface area (Å²) in [5, 5.41) is 34.5. The van der Waals surface area contributed by atoms with Gasteiger partial charge in [-0.05, 0) is 66.5 Å². The summed E-state index contributed by atoms with van der Waals surface area (Å²) in [7, 11) is 4.85. The number of carbonyl (C=O) groups excluding carboxylic acids is 4. The molecule has 0 aromatic carbocycles. The monoisotopic (exact) mass is 827 g/mol. The van der Waals surface area contributed by atoms with Crippen LogP contribution in [0.4, 0.5) is 0 Å². The minimum Gasteiger partial charge on any atom is -0.462 e. The number of allylic oxidation sites excluding steroid dienone is 2. The van der Waals surface area contributed by atoms with Gasteiger partial charge in [-0.1, -0.05) is 45.1 Å². The van der Waals surface area contributed by atoms with Gasteiger partial charge in [0.05, 0.1) is 43.0 Å². The van der Waals surface area contributed by atoms with Crippen molar-refractivity contribution < 1.29 is 72.4 Å². The second-order valence-corrected chi connectivity index (χ2v) is 16.3. The van der Waals surface area contributed by atoms with Gasteiger partial charge in [-0.2, -0.15) is 0 Å². The smallest absolute Gasteiger partial charge is 0.308 e. The van der Waals surface area contributed by atoms with Crippen molar-refractivity contribution in [1.82, 2.24) is 4.90 Å². The summed E-state index contributed by atoms with van der Waals surface area (Å²) >= 11 is 0. The van der Waals surface area contributed by atoms with Crippen LogP contribution in [0.25, 0.3) is 0 Å². The first-order valence-corrected chi connectivity index (χ1v) is 20.6. The Bertz CT molecular complexity index is 1380. The molecule has 2 saturated heterocycles. The zero-order valence-electron chi connectivity index (χ0n) is 35.9. The highest BCUT2D eigenvalue weighted by molar-refractivity contribution is 5.71. The van der Waals surface area contributed by atoms with Crippen molar-refractivity contribution in [2.45, 2.75) is 185 Å². The van der Waals surface area contributed by atoms with Crippen molar-refractivity contribution in [2.24, 2.45) is 11.8 Å². The van der Waals surface area contributed by atoms with Gasteiger partial charge in [0.25, 0.3) is 0 Å². The van der Waals surface area contributed by atoms with Crippen LogP contribution in [0.3, 0.4) is 0 Å². The summed E-state index contributed by atoms with van der Waals surface area (Å²) in [5.74, 6) is -2.64. The zero-order valence-corrected chi connectivity index (χ0v) is 35.9. The van der Waals surface area contributed by atoms with Crippen LogP contribution in [-0.4, -0.2) is 151 Å². The molecule has 3 aliphatic rings. The Labute approximate surface area is 343 Å². The van der Waals surface area contributed by atoms with Gasteiger partial charge < -0.3 is 62.9 Å². The number of aliphatic hydroxyl groups is 3. The molecular formula is C42H69NO15. The van der Waals surface area contributed by atoms with Crippen molar-refractivity contribution in [1.29, 1.82) is 0 Å². The van der Waals surface area contributed by atoms with E-state index in [2.05, 4.69) is 0 Å². The van der Waals surface area contributed by atoms with Crippen LogP contribution >= 0.6 is 0 Å². The minimum absolute atomic E-state index is 0.00608. The van der Waals surface area contributed by atoms with Gasteiger partial charge in [-0.3, -0.25) is 14.4 Å². The lowest BCUT2D eigenvalue weighted by Crippen LogP contribution is -2.66. The molecule has 3 aliphatic heterocycles. The normalized spacial score (nSPS) is 40.6. The van der Waals surface area contributed by atoms with E-state index < -0.39 is 116 Å². The minimum atomic E-state index is -1.45. The number of nitrogens with zero attached hydrogens (tertiary/aromatic N) is 1. The Morgan fingerprint density at radius 1 is 0.983 bits per heavy atom. The van der Waals surface area contributed by atoms with Crippen molar-refractivity contribution in [3.63, 3.8) is 0 Å². The number of carbonyl (C=O) groups is 4. The molecule has 16 nitrogen and oxygen atoms in total. The van der Waals surface area contributed by atoms with Gasteiger partial charge >= 0.3 is 17.9 Å². The molecule has 16 atom stereocenters. The standard InChI is InChI=1S/C42H69NO15/c1-11-16-32(48)55-40-27(6)53-34(23-42(40,7)58-31(47)12-2)56-37-26(5)54-41(36(50)35(37)43(8)9)57-38-28(19-20-44)21-24(3)29(45)18-15-13-14-17-25(4)52-33(49)22-30(46)39(38)51-10/h13-15,18,20,24-30,34-41,45-46,50H,11-12,16-17,19,21-23H2,1-10H3/b14-13+,18-15-. The molecule has 16 unspecified atom stereocenters. The van der Waals surface area contributed by atoms with Crippen molar-refractivity contribution in [3.8, 4) is 0 Å². The molecule has 0 bridgehead atoms. The van der Waals surface area contributed by atoms with E-state index in [0.29, 0.717) is 19.1 Å². The van der Waals surface area contributed by atoms with E-state index in [0.717, 1.165) is 0 Å². The first-order chi connectivity index (χ1) is 27.4. The molecule has 0 spiro atoms. The van der Waals surface area contributed by atoms with Crippen LogP contribution < -0.4 is 0 Å².